The molecule has 1 saturated heterocycles. The Morgan fingerprint density at radius 3 is 2.47 bits per heavy atom. The number of Topliss-reactive ketones (excluding diaryl/α,β-unsaturated/α-hetero) is 1. The Balaban J connectivity index is 1.65. The molecule has 13 heteroatoms. The zero-order valence-corrected chi connectivity index (χ0v) is 23.0. The van der Waals surface area contributed by atoms with Crippen LogP contribution in [0, 0.1) is 11.3 Å². The van der Waals surface area contributed by atoms with Crippen molar-refractivity contribution in [1.82, 2.24) is 10.2 Å². The largest absolute Gasteiger partial charge is 0.482 e. The normalized spacial score (nSPS) is 17.8. The number of hydrogen-bond acceptors (Lipinski definition) is 8. The molecule has 1 aliphatic rings. The van der Waals surface area contributed by atoms with E-state index >= 15 is 0 Å². The zero-order valence-electron chi connectivity index (χ0n) is 19.9. The van der Waals surface area contributed by atoms with E-state index in [1.54, 1.807) is 36.4 Å². The monoisotopic (exact) mass is 621 g/mol. The molecule has 1 aliphatic heterocycles. The van der Waals surface area contributed by atoms with Gasteiger partial charge in [0.05, 0.1) is 5.56 Å². The number of β-lactam (4-membered cyclic amide) rings is 1. The van der Waals surface area contributed by atoms with Gasteiger partial charge in [-0.3, -0.25) is 14.4 Å². The summed E-state index contributed by atoms with van der Waals surface area (Å²) in [7, 11) is 3.62. The van der Waals surface area contributed by atoms with Gasteiger partial charge in [0, 0.05) is 10.0 Å². The third kappa shape index (κ3) is 6.66. The second-order valence-electron chi connectivity index (χ2n) is 8.11. The number of para-hydroxylation sites is 1. The highest BCUT2D eigenvalue weighted by Gasteiger charge is 2.56. The number of nitriles is 1. The van der Waals surface area contributed by atoms with Gasteiger partial charge in [-0.15, -0.1) is 0 Å². The van der Waals surface area contributed by atoms with Gasteiger partial charge >= 0.3 is 5.97 Å². The molecule has 10 nitrogen and oxygen atoms in total. The van der Waals surface area contributed by atoms with Crippen molar-refractivity contribution in [3.63, 3.8) is 0 Å². The first kappa shape index (κ1) is 29.0. The summed E-state index contributed by atoms with van der Waals surface area (Å²) in [6, 6.07) is 11.9. The molecule has 0 radical (unpaired) electrons. The topological polar surface area (TPSA) is 143 Å². The lowest BCUT2D eigenvalue weighted by Gasteiger charge is -2.48. The van der Waals surface area contributed by atoms with E-state index in [2.05, 4.69) is 27.8 Å². The molecule has 0 spiro atoms. The van der Waals surface area contributed by atoms with Crippen LogP contribution >= 0.6 is 26.6 Å². The van der Waals surface area contributed by atoms with Gasteiger partial charge in [-0.2, -0.15) is 5.26 Å². The van der Waals surface area contributed by atoms with Crippen molar-refractivity contribution < 1.29 is 32.9 Å². The van der Waals surface area contributed by atoms with Gasteiger partial charge in [-0.25, -0.2) is 9.00 Å². The Hall–Kier alpha value is -3.53. The number of halogens is 2. The number of carbonyl (C=O) groups is 4. The Bertz CT molecular complexity index is 1350. The Morgan fingerprint density at radius 2 is 1.87 bits per heavy atom. The summed E-state index contributed by atoms with van der Waals surface area (Å²) >= 11 is 3.27. The maximum absolute atomic E-state index is 12.9. The van der Waals surface area contributed by atoms with E-state index in [0.717, 1.165) is 9.37 Å². The molecule has 1 N–H and O–H groups in total. The summed E-state index contributed by atoms with van der Waals surface area (Å²) in [4.78, 5) is 51.5. The number of amides is 2. The fraction of sp³-hybridized carbons (Fsp3) is 0.240. The van der Waals surface area contributed by atoms with Crippen LogP contribution in [0.2, 0.25) is 0 Å². The lowest BCUT2D eigenvalue weighted by atomic mass is 9.99. The number of ether oxygens (including phenoxy) is 2. The van der Waals surface area contributed by atoms with E-state index in [1.165, 1.54) is 19.1 Å². The number of nitrogens with zero attached hydrogens (tertiary/aromatic N) is 2. The molecule has 2 aromatic rings. The van der Waals surface area contributed by atoms with Crippen LogP contribution in [-0.2, 0) is 29.1 Å². The summed E-state index contributed by atoms with van der Waals surface area (Å²) in [6.07, 6.45) is 0. The van der Waals surface area contributed by atoms with Crippen LogP contribution in [0.25, 0.3) is 0 Å². The summed E-state index contributed by atoms with van der Waals surface area (Å²) in [5, 5.41) is 10.2. The van der Waals surface area contributed by atoms with Gasteiger partial charge in [0.25, 0.3) is 5.91 Å². The van der Waals surface area contributed by atoms with Crippen LogP contribution in [0.5, 0.6) is 5.75 Å². The van der Waals surface area contributed by atoms with E-state index in [-0.39, 0.29) is 16.9 Å². The average Bonchev–Trinajstić information content (AvgIpc) is 2.89. The lowest BCUT2D eigenvalue weighted by molar-refractivity contribution is -0.162. The van der Waals surface area contributed by atoms with Crippen LogP contribution < -0.4 is 10.1 Å². The first-order chi connectivity index (χ1) is 18.0. The van der Waals surface area contributed by atoms with Crippen molar-refractivity contribution in [3.05, 3.63) is 76.3 Å². The Kier molecular flexibility index (Phi) is 9.79. The first-order valence-electron chi connectivity index (χ1n) is 11.0. The van der Waals surface area contributed by atoms with E-state index < -0.39 is 64.3 Å². The maximum Gasteiger partial charge on any atom is 0.333 e. The van der Waals surface area contributed by atoms with E-state index in [1.807, 2.05) is 6.07 Å². The molecule has 38 heavy (non-hydrogen) atoms. The van der Waals surface area contributed by atoms with Crippen molar-refractivity contribution in [1.29, 1.82) is 5.26 Å². The number of esters is 1. The van der Waals surface area contributed by atoms with Gasteiger partial charge in [-0.05, 0) is 47.4 Å². The van der Waals surface area contributed by atoms with Crippen molar-refractivity contribution in [3.8, 4) is 11.8 Å². The zero-order chi connectivity index (χ0) is 28.0. The van der Waals surface area contributed by atoms with Crippen molar-refractivity contribution in [2.75, 3.05) is 13.2 Å². The molecule has 0 aliphatic carbocycles. The first-order valence-corrected chi connectivity index (χ1v) is 13.8. The van der Waals surface area contributed by atoms with E-state index in [9.17, 15) is 23.4 Å². The quantitative estimate of drug-likeness (QED) is 0.133. The predicted molar refractivity (Wildman–Crippen MR) is 141 cm³/mol. The minimum Gasteiger partial charge on any atom is -0.482 e. The number of hydrogen-bond donors (Lipinski definition) is 1. The molecule has 1 heterocycles. The Morgan fingerprint density at radius 1 is 1.21 bits per heavy atom. The summed E-state index contributed by atoms with van der Waals surface area (Å²) < 4.78 is 23.5. The fourth-order valence-electron chi connectivity index (χ4n) is 3.62. The second kappa shape index (κ2) is 12.8. The number of carbonyl (C=O) groups excluding carboxylic acids is 4. The molecule has 3 rings (SSSR count). The molecule has 2 aromatic carbocycles. The number of likely N-dealkylation sites (tertiary alicyclic amines) is 1. The minimum absolute atomic E-state index is 0.173. The third-order valence-electron chi connectivity index (χ3n) is 5.43. The molecule has 0 aromatic heterocycles. The minimum atomic E-state index is -2.21. The maximum atomic E-state index is 12.9. The second-order valence-corrected chi connectivity index (χ2v) is 10.9. The molecule has 4 unspecified atom stereocenters. The van der Waals surface area contributed by atoms with Gasteiger partial charge in [0.15, 0.2) is 30.4 Å². The SMILES string of the molecule is C=C(C)C(C(=O)OCC(=O)c1ccc(Br)cc1)N1C(=O)C(NC(=O)COc2ccccc2C#N)C1S(=O)Cl. The summed E-state index contributed by atoms with van der Waals surface area (Å²) in [6.45, 7) is 4.03. The molecule has 1 fully saturated rings. The van der Waals surface area contributed by atoms with Crippen LogP contribution in [0.4, 0.5) is 0 Å². The highest BCUT2D eigenvalue weighted by atomic mass is 79.9. The molecule has 4 atom stereocenters. The molecule has 2 amide bonds. The van der Waals surface area contributed by atoms with Crippen LogP contribution in [-0.4, -0.2) is 63.3 Å². The highest BCUT2D eigenvalue weighted by Crippen LogP contribution is 2.31. The fourth-order valence-corrected chi connectivity index (χ4v) is 5.25. The lowest BCUT2D eigenvalue weighted by Crippen LogP contribution is -2.75. The van der Waals surface area contributed by atoms with Crippen LogP contribution in [0.1, 0.15) is 22.8 Å². The Labute approximate surface area is 233 Å². The van der Waals surface area contributed by atoms with Crippen molar-refractivity contribution in [2.24, 2.45) is 0 Å². The molecular formula is C25H21BrClN3O7S. The molecule has 0 bridgehead atoms. The van der Waals surface area contributed by atoms with Gasteiger partial charge in [0.2, 0.25) is 5.91 Å². The number of nitrogens with one attached hydrogen (secondary N) is 1. The highest BCUT2D eigenvalue weighted by molar-refractivity contribution is 9.10. The number of benzene rings is 2. The summed E-state index contributed by atoms with van der Waals surface area (Å²) in [5.74, 6) is -2.75. The van der Waals surface area contributed by atoms with Gasteiger partial charge in [0.1, 0.15) is 27.9 Å². The van der Waals surface area contributed by atoms with Crippen LogP contribution in [0.3, 0.4) is 0 Å². The standard InChI is InChI=1S/C25H21BrClN3O7S/c1-14(2)22(25(34)37-12-18(31)15-7-9-17(26)10-8-15)30-23(33)21(24(30)38(27)35)29-20(32)13-36-19-6-4-3-5-16(19)11-28/h3-10,21-22,24H,1,12-13H2,2H3,(H,29,32). The smallest absolute Gasteiger partial charge is 0.333 e. The number of rotatable bonds is 11. The molecule has 0 saturated carbocycles. The number of ketones is 1. The van der Waals surface area contributed by atoms with Crippen LogP contribution in [0.15, 0.2) is 65.2 Å². The van der Waals surface area contributed by atoms with Gasteiger partial charge < -0.3 is 19.7 Å². The molecular weight excluding hydrogens is 602 g/mol. The van der Waals surface area contributed by atoms with Crippen molar-refractivity contribution in [2.45, 2.75) is 24.4 Å². The van der Waals surface area contributed by atoms with E-state index in [4.69, 9.17) is 25.4 Å². The predicted octanol–water partition coefficient (Wildman–Crippen LogP) is 2.63. The average molecular weight is 623 g/mol. The van der Waals surface area contributed by atoms with E-state index in [0.29, 0.717) is 5.56 Å². The molecule has 198 valence electrons. The third-order valence-corrected chi connectivity index (χ3v) is 7.39. The summed E-state index contributed by atoms with van der Waals surface area (Å²) in [5.41, 5.74) is 0.704. The van der Waals surface area contributed by atoms with Crippen molar-refractivity contribution >= 4 is 60.2 Å². The van der Waals surface area contributed by atoms with Gasteiger partial charge in [-0.1, -0.05) is 46.8 Å².